The van der Waals surface area contributed by atoms with Gasteiger partial charge >= 0.3 is 0 Å². The van der Waals surface area contributed by atoms with Crippen LogP contribution >= 0.6 is 0 Å². The normalized spacial score (nSPS) is 18.3. The van der Waals surface area contributed by atoms with Gasteiger partial charge in [-0.15, -0.1) is 0 Å². The highest BCUT2D eigenvalue weighted by Crippen LogP contribution is 2.18. The minimum atomic E-state index is -0.0790. The summed E-state index contributed by atoms with van der Waals surface area (Å²) in [6.07, 6.45) is 2.30. The Morgan fingerprint density at radius 2 is 2.22 bits per heavy atom. The first-order chi connectivity index (χ1) is 11.1. The van der Waals surface area contributed by atoms with Crippen molar-refractivity contribution in [3.05, 3.63) is 45.7 Å². The van der Waals surface area contributed by atoms with E-state index < -0.39 is 0 Å². The van der Waals surface area contributed by atoms with E-state index in [1.165, 1.54) is 0 Å². The number of pyridine rings is 1. The number of rotatable bonds is 3. The molecule has 1 saturated heterocycles. The Morgan fingerprint density at radius 3 is 3.00 bits per heavy atom. The molecule has 2 aromatic rings. The smallest absolute Gasteiger partial charge is 0.251 e. The Labute approximate surface area is 134 Å². The molecule has 2 N–H and O–H groups in total. The van der Waals surface area contributed by atoms with E-state index in [9.17, 15) is 14.7 Å². The van der Waals surface area contributed by atoms with Crippen molar-refractivity contribution in [2.75, 3.05) is 19.7 Å². The molecule has 1 aliphatic heterocycles. The Balaban J connectivity index is 1.77. The van der Waals surface area contributed by atoms with E-state index in [2.05, 4.69) is 4.98 Å². The molecule has 0 aliphatic carbocycles. The van der Waals surface area contributed by atoms with Crippen LogP contribution in [0.25, 0.3) is 10.9 Å². The number of carbonyl (C=O) groups is 1. The van der Waals surface area contributed by atoms with Crippen molar-refractivity contribution in [2.45, 2.75) is 26.2 Å². The number of aliphatic hydroxyl groups excluding tert-OH is 1. The van der Waals surface area contributed by atoms with E-state index in [1.807, 2.05) is 29.2 Å². The van der Waals surface area contributed by atoms with Gasteiger partial charge in [-0.2, -0.15) is 0 Å². The summed E-state index contributed by atoms with van der Waals surface area (Å²) in [5.74, 6) is 0.306. The molecule has 3 rings (SSSR count). The standard InChI is InChI=1S/C18H22N2O3/c1-12-7-15-8-13(4-5-16(15)19-18(12)23)9-17(22)20-6-2-3-14(10-20)11-21/h4-5,7-8,14,21H,2-3,6,9-11H2,1H3,(H,19,23). The number of hydrogen-bond acceptors (Lipinski definition) is 3. The van der Waals surface area contributed by atoms with Gasteiger partial charge in [0.25, 0.3) is 5.56 Å². The van der Waals surface area contributed by atoms with Gasteiger partial charge < -0.3 is 15.0 Å². The molecule has 122 valence electrons. The van der Waals surface area contributed by atoms with Crippen LogP contribution in [0.15, 0.2) is 29.1 Å². The van der Waals surface area contributed by atoms with Crippen LogP contribution in [0.1, 0.15) is 24.0 Å². The van der Waals surface area contributed by atoms with E-state index in [4.69, 9.17) is 0 Å². The van der Waals surface area contributed by atoms with Gasteiger partial charge in [0.1, 0.15) is 0 Å². The Morgan fingerprint density at radius 1 is 1.39 bits per heavy atom. The van der Waals surface area contributed by atoms with E-state index >= 15 is 0 Å². The molecule has 1 fully saturated rings. The number of fused-ring (bicyclic) bond motifs is 1. The molecule has 23 heavy (non-hydrogen) atoms. The van der Waals surface area contributed by atoms with Crippen LogP contribution < -0.4 is 5.56 Å². The van der Waals surface area contributed by atoms with Crippen LogP contribution in [0, 0.1) is 12.8 Å². The largest absolute Gasteiger partial charge is 0.396 e. The molecule has 1 aromatic heterocycles. The molecular formula is C18H22N2O3. The first-order valence-corrected chi connectivity index (χ1v) is 8.08. The molecule has 1 amide bonds. The number of carbonyl (C=O) groups excluding carboxylic acids is 1. The topological polar surface area (TPSA) is 73.4 Å². The van der Waals surface area contributed by atoms with E-state index in [0.29, 0.717) is 18.5 Å². The fourth-order valence-electron chi connectivity index (χ4n) is 3.20. The second kappa shape index (κ2) is 6.54. The monoisotopic (exact) mass is 314 g/mol. The molecule has 2 heterocycles. The molecule has 0 radical (unpaired) electrons. The maximum absolute atomic E-state index is 12.5. The average molecular weight is 314 g/mol. The predicted molar refractivity (Wildman–Crippen MR) is 89.4 cm³/mol. The molecule has 1 atom stereocenters. The van der Waals surface area contributed by atoms with E-state index in [0.717, 1.165) is 35.9 Å². The molecule has 1 aromatic carbocycles. The first kappa shape index (κ1) is 15.7. The minimum Gasteiger partial charge on any atom is -0.396 e. The van der Waals surface area contributed by atoms with Gasteiger partial charge in [0.05, 0.1) is 6.42 Å². The lowest BCUT2D eigenvalue weighted by Crippen LogP contribution is -2.41. The molecule has 1 unspecified atom stereocenters. The Kier molecular flexibility index (Phi) is 4.48. The molecule has 5 nitrogen and oxygen atoms in total. The lowest BCUT2D eigenvalue weighted by Gasteiger charge is -2.32. The molecule has 1 aliphatic rings. The van der Waals surface area contributed by atoms with Gasteiger partial charge in [-0.1, -0.05) is 6.07 Å². The summed E-state index contributed by atoms with van der Waals surface area (Å²) in [6.45, 7) is 3.34. The molecule has 5 heteroatoms. The second-order valence-electron chi connectivity index (χ2n) is 6.41. The van der Waals surface area contributed by atoms with Gasteiger partial charge in [0.15, 0.2) is 0 Å². The SMILES string of the molecule is Cc1cc2cc(CC(=O)N3CCCC(CO)C3)ccc2[nH]c1=O. The average Bonchev–Trinajstić information content (AvgIpc) is 2.56. The van der Waals surface area contributed by atoms with Crippen molar-refractivity contribution >= 4 is 16.8 Å². The van der Waals surface area contributed by atoms with Crippen LogP contribution in [0.4, 0.5) is 0 Å². The third-order valence-corrected chi connectivity index (χ3v) is 4.58. The highest BCUT2D eigenvalue weighted by Gasteiger charge is 2.23. The maximum atomic E-state index is 12.5. The third-order valence-electron chi connectivity index (χ3n) is 4.58. The summed E-state index contributed by atoms with van der Waals surface area (Å²) >= 11 is 0. The number of aryl methyl sites for hydroxylation is 1. The zero-order chi connectivity index (χ0) is 16.4. The number of nitrogens with one attached hydrogen (secondary N) is 1. The maximum Gasteiger partial charge on any atom is 0.251 e. The van der Waals surface area contributed by atoms with Gasteiger partial charge in [-0.3, -0.25) is 9.59 Å². The zero-order valence-corrected chi connectivity index (χ0v) is 13.3. The Bertz CT molecular complexity index is 781. The lowest BCUT2D eigenvalue weighted by molar-refractivity contribution is -0.132. The van der Waals surface area contributed by atoms with Gasteiger partial charge in [0, 0.05) is 30.8 Å². The quantitative estimate of drug-likeness (QED) is 0.904. The number of hydrogen-bond donors (Lipinski definition) is 2. The summed E-state index contributed by atoms with van der Waals surface area (Å²) in [5, 5.41) is 10.2. The highest BCUT2D eigenvalue weighted by molar-refractivity contribution is 5.83. The second-order valence-corrected chi connectivity index (χ2v) is 6.41. The van der Waals surface area contributed by atoms with Crippen molar-refractivity contribution < 1.29 is 9.90 Å². The van der Waals surface area contributed by atoms with Crippen LogP contribution in [0.3, 0.4) is 0 Å². The first-order valence-electron chi connectivity index (χ1n) is 8.08. The van der Waals surface area contributed by atoms with Crippen molar-refractivity contribution in [2.24, 2.45) is 5.92 Å². The summed E-state index contributed by atoms with van der Waals surface area (Å²) < 4.78 is 0. The number of aromatic nitrogens is 1. The number of likely N-dealkylation sites (tertiary alicyclic amines) is 1. The molecule has 0 spiro atoms. The number of aromatic amines is 1. The number of aliphatic hydroxyl groups is 1. The molecular weight excluding hydrogens is 292 g/mol. The van der Waals surface area contributed by atoms with Gasteiger partial charge in [-0.25, -0.2) is 0 Å². The van der Waals surface area contributed by atoms with E-state index in [1.54, 1.807) is 6.92 Å². The molecule has 0 saturated carbocycles. The summed E-state index contributed by atoms with van der Waals surface area (Å²) in [4.78, 5) is 28.8. The number of piperidine rings is 1. The fraction of sp³-hybridized carbons (Fsp3) is 0.444. The van der Waals surface area contributed by atoms with E-state index in [-0.39, 0.29) is 24.0 Å². The summed E-state index contributed by atoms with van der Waals surface area (Å²) in [6, 6.07) is 7.55. The van der Waals surface area contributed by atoms with Crippen LogP contribution in [-0.2, 0) is 11.2 Å². The summed E-state index contributed by atoms with van der Waals surface area (Å²) in [7, 11) is 0. The van der Waals surface area contributed by atoms with Crippen LogP contribution in [0.2, 0.25) is 0 Å². The fourth-order valence-corrected chi connectivity index (χ4v) is 3.20. The van der Waals surface area contributed by atoms with Crippen LogP contribution in [-0.4, -0.2) is 40.6 Å². The lowest BCUT2D eigenvalue weighted by atomic mass is 9.98. The van der Waals surface area contributed by atoms with Crippen molar-refractivity contribution in [3.63, 3.8) is 0 Å². The number of amides is 1. The highest BCUT2D eigenvalue weighted by atomic mass is 16.3. The van der Waals surface area contributed by atoms with Crippen molar-refractivity contribution in [1.82, 2.24) is 9.88 Å². The third kappa shape index (κ3) is 3.45. The molecule has 0 bridgehead atoms. The number of H-pyrrole nitrogens is 1. The zero-order valence-electron chi connectivity index (χ0n) is 13.3. The number of nitrogens with zero attached hydrogens (tertiary/aromatic N) is 1. The number of benzene rings is 1. The van der Waals surface area contributed by atoms with Crippen LogP contribution in [0.5, 0.6) is 0 Å². The predicted octanol–water partition coefficient (Wildman–Crippen LogP) is 1.61. The minimum absolute atomic E-state index is 0.0790. The van der Waals surface area contributed by atoms with Gasteiger partial charge in [0.2, 0.25) is 5.91 Å². The summed E-state index contributed by atoms with van der Waals surface area (Å²) in [5.41, 5.74) is 2.32. The van der Waals surface area contributed by atoms with Gasteiger partial charge in [-0.05, 0) is 54.8 Å². The van der Waals surface area contributed by atoms with Crippen molar-refractivity contribution in [1.29, 1.82) is 0 Å². The van der Waals surface area contributed by atoms with Crippen molar-refractivity contribution in [3.8, 4) is 0 Å². The Hall–Kier alpha value is -2.14.